The topological polar surface area (TPSA) is 80.0 Å². The lowest BCUT2D eigenvalue weighted by molar-refractivity contribution is -0.157. The Kier molecular flexibility index (Phi) is 6.65. The van der Waals surface area contributed by atoms with Crippen LogP contribution in [-0.2, 0) is 11.2 Å². The number of fused-ring (bicyclic) bond motifs is 2. The van der Waals surface area contributed by atoms with Crippen molar-refractivity contribution in [3.63, 3.8) is 0 Å². The number of aliphatic hydroxyl groups is 1. The Bertz CT molecular complexity index is 1250. The van der Waals surface area contributed by atoms with Gasteiger partial charge in [-0.15, -0.1) is 0 Å². The van der Waals surface area contributed by atoms with E-state index in [1.54, 1.807) is 12.1 Å². The van der Waals surface area contributed by atoms with Gasteiger partial charge in [-0.05, 0) is 48.9 Å². The van der Waals surface area contributed by atoms with Gasteiger partial charge in [-0.25, -0.2) is 4.79 Å². The highest BCUT2D eigenvalue weighted by Crippen LogP contribution is 2.49. The number of hydrogen-bond donors (Lipinski definition) is 1. The van der Waals surface area contributed by atoms with E-state index in [2.05, 4.69) is 6.92 Å². The van der Waals surface area contributed by atoms with Crippen molar-refractivity contribution >= 4 is 16.9 Å². The maximum absolute atomic E-state index is 13.4. The van der Waals surface area contributed by atoms with Crippen LogP contribution >= 0.6 is 0 Å². The summed E-state index contributed by atoms with van der Waals surface area (Å²) in [4.78, 5) is 27.3. The molecule has 2 fully saturated rings. The van der Waals surface area contributed by atoms with Gasteiger partial charge < -0.3 is 19.2 Å². The fourth-order valence-electron chi connectivity index (χ4n) is 6.03. The Morgan fingerprint density at radius 1 is 1.14 bits per heavy atom. The van der Waals surface area contributed by atoms with Crippen LogP contribution in [0, 0.1) is 5.92 Å². The summed E-state index contributed by atoms with van der Waals surface area (Å²) in [7, 11) is 0. The summed E-state index contributed by atoms with van der Waals surface area (Å²) in [6.45, 7) is 2.46. The number of carbonyl (C=O) groups excluding carboxylic acids is 1. The van der Waals surface area contributed by atoms with E-state index < -0.39 is 5.60 Å². The van der Waals surface area contributed by atoms with Crippen LogP contribution in [0.1, 0.15) is 62.6 Å². The fourth-order valence-corrected chi connectivity index (χ4v) is 6.03. The van der Waals surface area contributed by atoms with E-state index in [4.69, 9.17) is 9.15 Å². The second kappa shape index (κ2) is 9.86. The van der Waals surface area contributed by atoms with Crippen molar-refractivity contribution in [3.8, 4) is 5.75 Å². The first-order valence-corrected chi connectivity index (χ1v) is 12.7. The van der Waals surface area contributed by atoms with Crippen molar-refractivity contribution in [1.29, 1.82) is 0 Å². The zero-order valence-corrected chi connectivity index (χ0v) is 20.2. The first-order chi connectivity index (χ1) is 17.0. The minimum Gasteiger partial charge on any atom is -0.484 e. The molecule has 3 atom stereocenters. The number of carbonyl (C=O) groups is 1. The van der Waals surface area contributed by atoms with Crippen molar-refractivity contribution in [1.82, 2.24) is 4.90 Å². The molecule has 1 saturated heterocycles. The molecule has 0 bridgehead atoms. The van der Waals surface area contributed by atoms with E-state index in [1.807, 2.05) is 47.4 Å². The number of piperidine rings is 1. The van der Waals surface area contributed by atoms with E-state index in [-0.39, 0.29) is 30.1 Å². The summed E-state index contributed by atoms with van der Waals surface area (Å²) in [5, 5.41) is 12.3. The molecule has 2 heterocycles. The number of hydrogen-bond acceptors (Lipinski definition) is 5. The number of ether oxygens (including phenoxy) is 1. The Balaban J connectivity index is 1.37. The Hall–Kier alpha value is -3.12. The lowest BCUT2D eigenvalue weighted by Crippen LogP contribution is -2.56. The van der Waals surface area contributed by atoms with Gasteiger partial charge in [0.2, 0.25) is 0 Å². The van der Waals surface area contributed by atoms with Gasteiger partial charge >= 0.3 is 5.63 Å². The quantitative estimate of drug-likeness (QED) is 0.507. The summed E-state index contributed by atoms with van der Waals surface area (Å²) < 4.78 is 11.3. The number of nitrogens with zero attached hydrogens (tertiary/aromatic N) is 1. The molecule has 1 saturated carbocycles. The maximum Gasteiger partial charge on any atom is 0.336 e. The molecule has 1 aliphatic heterocycles. The molecule has 1 N–H and O–H groups in total. The molecule has 1 aliphatic carbocycles. The van der Waals surface area contributed by atoms with Gasteiger partial charge in [-0.3, -0.25) is 4.79 Å². The van der Waals surface area contributed by atoms with Gasteiger partial charge in [-0.1, -0.05) is 56.5 Å². The van der Waals surface area contributed by atoms with Crippen LogP contribution in [0.4, 0.5) is 0 Å². The van der Waals surface area contributed by atoms with Crippen LogP contribution in [0.2, 0.25) is 0 Å². The summed E-state index contributed by atoms with van der Waals surface area (Å²) in [6.07, 6.45) is 6.12. The van der Waals surface area contributed by atoms with Crippen molar-refractivity contribution in [3.05, 3.63) is 76.1 Å². The molecule has 6 heteroatoms. The highest BCUT2D eigenvalue weighted by molar-refractivity contribution is 5.82. The molecule has 0 radical (unpaired) electrons. The van der Waals surface area contributed by atoms with Crippen LogP contribution in [-0.4, -0.2) is 34.7 Å². The third-order valence-corrected chi connectivity index (χ3v) is 7.71. The van der Waals surface area contributed by atoms with E-state index in [0.717, 1.165) is 55.0 Å². The average molecular weight is 476 g/mol. The lowest BCUT2D eigenvalue weighted by Gasteiger charge is -2.52. The fraction of sp³-hybridized carbons (Fsp3) is 0.448. The molecule has 184 valence electrons. The predicted molar refractivity (Wildman–Crippen MR) is 134 cm³/mol. The zero-order valence-electron chi connectivity index (χ0n) is 20.2. The highest BCUT2D eigenvalue weighted by Gasteiger charge is 2.50. The molecule has 3 aromatic rings. The van der Waals surface area contributed by atoms with Crippen molar-refractivity contribution in [2.75, 3.05) is 13.2 Å². The number of likely N-dealkylation sites (tertiary alicyclic amines) is 1. The molecule has 2 aromatic carbocycles. The van der Waals surface area contributed by atoms with Crippen LogP contribution < -0.4 is 10.4 Å². The summed E-state index contributed by atoms with van der Waals surface area (Å²) in [5.74, 6) is 0.404. The molecule has 6 nitrogen and oxygen atoms in total. The highest BCUT2D eigenvalue weighted by atomic mass is 16.5. The monoisotopic (exact) mass is 475 g/mol. The van der Waals surface area contributed by atoms with Gasteiger partial charge in [-0.2, -0.15) is 0 Å². The minimum absolute atomic E-state index is 0.0169. The summed E-state index contributed by atoms with van der Waals surface area (Å²) in [6, 6.07) is 16.8. The molecule has 1 aromatic heterocycles. The predicted octanol–water partition coefficient (Wildman–Crippen LogP) is 5.02. The average Bonchev–Trinajstić information content (AvgIpc) is 2.86. The molecule has 0 unspecified atom stereocenters. The first-order valence-electron chi connectivity index (χ1n) is 12.7. The molecule has 1 amide bonds. The Morgan fingerprint density at radius 2 is 1.97 bits per heavy atom. The van der Waals surface area contributed by atoms with E-state index in [9.17, 15) is 14.7 Å². The Labute approximate surface area is 205 Å². The second-order valence-corrected chi connectivity index (χ2v) is 9.94. The molecule has 0 spiro atoms. The molecule has 5 rings (SSSR count). The van der Waals surface area contributed by atoms with Crippen molar-refractivity contribution < 1.29 is 19.1 Å². The third kappa shape index (κ3) is 4.72. The molecular weight excluding hydrogens is 442 g/mol. The molecule has 2 aliphatic rings. The van der Waals surface area contributed by atoms with E-state index >= 15 is 0 Å². The number of rotatable bonds is 6. The summed E-state index contributed by atoms with van der Waals surface area (Å²) >= 11 is 0. The van der Waals surface area contributed by atoms with Crippen LogP contribution in [0.3, 0.4) is 0 Å². The zero-order chi connectivity index (χ0) is 24.4. The number of benzene rings is 2. The normalized spacial score (nSPS) is 24.2. The number of aryl methyl sites for hydroxylation is 1. The van der Waals surface area contributed by atoms with Crippen LogP contribution in [0.25, 0.3) is 11.0 Å². The van der Waals surface area contributed by atoms with Crippen LogP contribution in [0.15, 0.2) is 63.8 Å². The SMILES string of the molecule is CCCc1cc(=O)oc2cc(OCC(=O)N3CC[C@@]4(O)CCCC[C@H]4[C@@H]3c3ccccc3)ccc12. The smallest absolute Gasteiger partial charge is 0.336 e. The molecular formula is C29H33NO5. The third-order valence-electron chi connectivity index (χ3n) is 7.71. The second-order valence-electron chi connectivity index (χ2n) is 9.94. The standard InChI is InChI=1S/C29H33NO5/c1-2-8-21-17-27(32)35-25-18-22(12-13-23(21)25)34-19-26(31)30-16-15-29(33)14-7-6-11-24(29)28(30)20-9-4-3-5-10-20/h3-5,9-10,12-13,17-18,24,28,33H,2,6-8,11,14-16,19H2,1H3/t24-,28-,29-/m0/s1. The largest absolute Gasteiger partial charge is 0.484 e. The van der Waals surface area contributed by atoms with Crippen LogP contribution in [0.5, 0.6) is 5.75 Å². The van der Waals surface area contributed by atoms with Gasteiger partial charge in [0.05, 0.1) is 11.6 Å². The van der Waals surface area contributed by atoms with Crippen molar-refractivity contribution in [2.24, 2.45) is 5.92 Å². The molecule has 35 heavy (non-hydrogen) atoms. The maximum atomic E-state index is 13.4. The van der Waals surface area contributed by atoms with Gasteiger partial charge in [0.25, 0.3) is 5.91 Å². The number of amides is 1. The van der Waals surface area contributed by atoms with Gasteiger partial charge in [0.1, 0.15) is 11.3 Å². The van der Waals surface area contributed by atoms with E-state index in [1.165, 1.54) is 0 Å². The summed E-state index contributed by atoms with van der Waals surface area (Å²) in [5.41, 5.74) is 1.39. The first kappa shape index (κ1) is 23.6. The minimum atomic E-state index is -0.720. The van der Waals surface area contributed by atoms with Crippen molar-refractivity contribution in [2.45, 2.75) is 63.5 Å². The Morgan fingerprint density at radius 3 is 2.77 bits per heavy atom. The van der Waals surface area contributed by atoms with E-state index in [0.29, 0.717) is 24.3 Å². The van der Waals surface area contributed by atoms with Gasteiger partial charge in [0.15, 0.2) is 6.61 Å². The lowest BCUT2D eigenvalue weighted by atomic mass is 9.66. The van der Waals surface area contributed by atoms with Gasteiger partial charge in [0, 0.05) is 30.0 Å².